The molecule has 0 saturated carbocycles. The van der Waals surface area contributed by atoms with Crippen LogP contribution >= 0.6 is 0 Å². The lowest BCUT2D eigenvalue weighted by atomic mass is 9.86. The van der Waals surface area contributed by atoms with Gasteiger partial charge in [0.15, 0.2) is 11.9 Å². The summed E-state index contributed by atoms with van der Waals surface area (Å²) in [5, 5.41) is 12.0. The Labute approximate surface area is 262 Å². The summed E-state index contributed by atoms with van der Waals surface area (Å²) in [6, 6.07) is 12.2. The van der Waals surface area contributed by atoms with E-state index in [4.69, 9.17) is 19.4 Å². The van der Waals surface area contributed by atoms with Crippen LogP contribution < -0.4 is 15.0 Å². The maximum atomic E-state index is 13.2. The van der Waals surface area contributed by atoms with Crippen molar-refractivity contribution in [3.63, 3.8) is 0 Å². The number of likely N-dealkylation sites (tertiary alicyclic amines) is 1. The minimum atomic E-state index is -1.17. The van der Waals surface area contributed by atoms with Gasteiger partial charge in [-0.3, -0.25) is 14.2 Å². The van der Waals surface area contributed by atoms with E-state index in [9.17, 15) is 4.21 Å². The van der Waals surface area contributed by atoms with E-state index in [1.807, 2.05) is 49.9 Å². The highest BCUT2D eigenvalue weighted by molar-refractivity contribution is 7.85. The molecular formula is C33H43N7O3S. The topological polar surface area (TPSA) is 108 Å². The van der Waals surface area contributed by atoms with Gasteiger partial charge in [-0.2, -0.15) is 15.1 Å². The maximum Gasteiger partial charge on any atom is 0.237 e. The number of H-pyrrole nitrogens is 1. The number of nitrogens with zero attached hydrogens (tertiary/aromatic N) is 5. The van der Waals surface area contributed by atoms with Crippen LogP contribution in [-0.2, 0) is 22.0 Å². The molecule has 11 heteroatoms. The molecule has 0 amide bonds. The van der Waals surface area contributed by atoms with E-state index < -0.39 is 10.8 Å². The summed E-state index contributed by atoms with van der Waals surface area (Å²) in [7, 11) is 0.589. The maximum absolute atomic E-state index is 13.2. The molecule has 2 aliphatic heterocycles. The molecule has 4 aromatic rings. The number of fused-ring (bicyclic) bond motifs is 2. The summed E-state index contributed by atoms with van der Waals surface area (Å²) in [5.41, 5.74) is 5.84. The molecule has 0 aliphatic carbocycles. The smallest absolute Gasteiger partial charge is 0.237 e. The highest BCUT2D eigenvalue weighted by atomic mass is 32.2. The Hall–Kier alpha value is -3.54. The van der Waals surface area contributed by atoms with Crippen LogP contribution in [0.4, 0.5) is 23.1 Å². The van der Waals surface area contributed by atoms with Gasteiger partial charge < -0.3 is 19.7 Å². The lowest BCUT2D eigenvalue weighted by Crippen LogP contribution is -2.35. The summed E-state index contributed by atoms with van der Waals surface area (Å²) in [5.74, 6) is 2.48. The molecule has 4 heterocycles. The predicted molar refractivity (Wildman–Crippen MR) is 176 cm³/mol. The molecule has 0 spiro atoms. The van der Waals surface area contributed by atoms with Gasteiger partial charge >= 0.3 is 0 Å². The van der Waals surface area contributed by atoms with E-state index in [-0.39, 0.29) is 11.5 Å². The molecule has 2 aromatic heterocycles. The van der Waals surface area contributed by atoms with Crippen molar-refractivity contribution in [2.75, 3.05) is 43.6 Å². The van der Waals surface area contributed by atoms with Gasteiger partial charge in [-0.25, -0.2) is 0 Å². The largest absolute Gasteiger partial charge is 0.468 e. The zero-order valence-corrected chi connectivity index (χ0v) is 27.3. The average Bonchev–Trinajstić information content (AvgIpc) is 3.59. The lowest BCUT2D eigenvalue weighted by molar-refractivity contribution is 0.130. The molecule has 2 atom stereocenters. The second-order valence-electron chi connectivity index (χ2n) is 12.0. The van der Waals surface area contributed by atoms with Crippen LogP contribution in [0.1, 0.15) is 63.3 Å². The highest BCUT2D eigenvalue weighted by Gasteiger charge is 2.34. The zero-order chi connectivity index (χ0) is 31.0. The number of ether oxygens (including phenoxy) is 2. The molecule has 2 N–H and O–H groups in total. The van der Waals surface area contributed by atoms with Crippen LogP contribution in [0.2, 0.25) is 0 Å². The fourth-order valence-electron chi connectivity index (χ4n) is 6.36. The molecule has 6 rings (SSSR count). The monoisotopic (exact) mass is 617 g/mol. The summed E-state index contributed by atoms with van der Waals surface area (Å²) >= 11 is 0. The third-order valence-electron chi connectivity index (χ3n) is 8.74. The van der Waals surface area contributed by atoms with Gasteiger partial charge in [0, 0.05) is 24.6 Å². The van der Waals surface area contributed by atoms with Gasteiger partial charge in [0.1, 0.15) is 11.6 Å². The van der Waals surface area contributed by atoms with Crippen LogP contribution in [0.25, 0.3) is 11.0 Å². The molecule has 10 nitrogen and oxygen atoms in total. The Morgan fingerprint density at radius 1 is 1.18 bits per heavy atom. The SMILES string of the molecule is CCc1[nH]nc2nc(N3c4cc(C)c(C5CCN(CCOC)CC5)cc4OC3C)nc(Nc3ccccc3S(=O)C(C)C)c12. The minimum absolute atomic E-state index is 0.0190. The number of para-hydroxylation sites is 1. The number of piperidine rings is 1. The first-order chi connectivity index (χ1) is 21.3. The van der Waals surface area contributed by atoms with Crippen molar-refractivity contribution in [2.24, 2.45) is 0 Å². The normalized spacial score (nSPS) is 18.2. The summed E-state index contributed by atoms with van der Waals surface area (Å²) in [6.07, 6.45) is 2.69. The molecule has 1 saturated heterocycles. The number of benzene rings is 2. The van der Waals surface area contributed by atoms with Crippen molar-refractivity contribution in [1.82, 2.24) is 25.1 Å². The number of methoxy groups -OCH3 is 1. The van der Waals surface area contributed by atoms with E-state index in [0.29, 0.717) is 23.3 Å². The van der Waals surface area contributed by atoms with Gasteiger partial charge in [0.25, 0.3) is 0 Å². The molecule has 234 valence electrons. The van der Waals surface area contributed by atoms with Gasteiger partial charge in [-0.05, 0) is 87.5 Å². The second-order valence-corrected chi connectivity index (χ2v) is 13.9. The minimum Gasteiger partial charge on any atom is -0.468 e. The quantitative estimate of drug-likeness (QED) is 0.215. The van der Waals surface area contributed by atoms with Crippen molar-refractivity contribution in [3.05, 3.63) is 53.2 Å². The number of aromatic nitrogens is 4. The number of aryl methyl sites for hydroxylation is 2. The van der Waals surface area contributed by atoms with Crippen molar-refractivity contribution < 1.29 is 13.7 Å². The fraction of sp³-hybridized carbons (Fsp3) is 0.485. The number of rotatable bonds is 10. The first-order valence-electron chi connectivity index (χ1n) is 15.6. The van der Waals surface area contributed by atoms with Gasteiger partial charge in [0.05, 0.1) is 39.1 Å². The van der Waals surface area contributed by atoms with Crippen molar-refractivity contribution in [2.45, 2.75) is 76.2 Å². The van der Waals surface area contributed by atoms with Crippen molar-refractivity contribution in [3.8, 4) is 5.75 Å². The molecule has 44 heavy (non-hydrogen) atoms. The van der Waals surface area contributed by atoms with Crippen LogP contribution in [0.3, 0.4) is 0 Å². The molecule has 2 aromatic carbocycles. The number of hydrogen-bond donors (Lipinski definition) is 2. The molecular weight excluding hydrogens is 574 g/mol. The van der Waals surface area contributed by atoms with Gasteiger partial charge in [0.2, 0.25) is 5.95 Å². The Balaban J connectivity index is 1.35. The summed E-state index contributed by atoms with van der Waals surface area (Å²) in [4.78, 5) is 15.3. The lowest BCUT2D eigenvalue weighted by Gasteiger charge is -2.32. The molecule has 1 fully saturated rings. The first kappa shape index (κ1) is 30.5. The van der Waals surface area contributed by atoms with Gasteiger partial charge in [-0.15, -0.1) is 0 Å². The van der Waals surface area contributed by atoms with E-state index in [2.05, 4.69) is 46.4 Å². The molecule has 2 unspecified atom stereocenters. The average molecular weight is 618 g/mol. The third-order valence-corrected chi connectivity index (χ3v) is 10.4. The molecule has 0 radical (unpaired) electrons. The predicted octanol–water partition coefficient (Wildman–Crippen LogP) is 6.19. The van der Waals surface area contributed by atoms with E-state index in [1.54, 1.807) is 7.11 Å². The highest BCUT2D eigenvalue weighted by Crippen LogP contribution is 2.45. The molecule has 2 aliphatic rings. The summed E-state index contributed by atoms with van der Waals surface area (Å²) in [6.45, 7) is 14.1. The fourth-order valence-corrected chi connectivity index (χ4v) is 7.41. The Bertz CT molecular complexity index is 1660. The van der Waals surface area contributed by atoms with Gasteiger partial charge in [-0.1, -0.05) is 32.9 Å². The van der Waals surface area contributed by atoms with Crippen LogP contribution in [0.5, 0.6) is 5.75 Å². The van der Waals surface area contributed by atoms with Crippen molar-refractivity contribution >= 4 is 45.0 Å². The number of aromatic amines is 1. The van der Waals surface area contributed by atoms with Crippen LogP contribution in [-0.4, -0.2) is 74.1 Å². The van der Waals surface area contributed by atoms with E-state index in [0.717, 1.165) is 78.6 Å². The number of anilines is 4. The first-order valence-corrected chi connectivity index (χ1v) is 16.8. The van der Waals surface area contributed by atoms with Crippen LogP contribution in [0, 0.1) is 6.92 Å². The Morgan fingerprint density at radius 3 is 2.68 bits per heavy atom. The van der Waals surface area contributed by atoms with Crippen molar-refractivity contribution in [1.29, 1.82) is 0 Å². The second kappa shape index (κ2) is 12.8. The Kier molecular flexibility index (Phi) is 8.89. The van der Waals surface area contributed by atoms with E-state index in [1.165, 1.54) is 11.1 Å². The zero-order valence-electron chi connectivity index (χ0n) is 26.5. The Morgan fingerprint density at radius 2 is 1.95 bits per heavy atom. The third kappa shape index (κ3) is 5.80. The van der Waals surface area contributed by atoms with E-state index >= 15 is 0 Å². The standard InChI is InChI=1S/C33H43N7O3S/c1-7-25-30-31(34-26-10-8-9-11-29(26)44(41)20(2)3)35-33(36-32(30)38-37-25)40-22(5)43-28-19-24(21(4)18-27(28)40)23-12-14-39(15-13-23)16-17-42-6/h8-11,18-20,22-23H,7,12-17H2,1-6H3,(H2,34,35,36,37,38). The number of nitrogens with one attached hydrogen (secondary N) is 2. The summed E-state index contributed by atoms with van der Waals surface area (Å²) < 4.78 is 24.9. The number of hydrogen-bond acceptors (Lipinski definition) is 9. The van der Waals surface area contributed by atoms with Crippen LogP contribution in [0.15, 0.2) is 41.3 Å². The molecule has 0 bridgehead atoms.